The maximum Gasteiger partial charge on any atom is 0 e. The van der Waals surface area contributed by atoms with Crippen molar-refractivity contribution in [3.05, 3.63) is 0 Å². The van der Waals surface area contributed by atoms with Crippen molar-refractivity contribution in [1.29, 1.82) is 0 Å². The Morgan fingerprint density at radius 3 is 1.50 bits per heavy atom. The SMILES string of the molecule is [H-].[Li+].[O]=[V](=[O])[OH].[Ti]. The van der Waals surface area contributed by atoms with Gasteiger partial charge in [-0.25, -0.2) is 0 Å². The summed E-state index contributed by atoms with van der Waals surface area (Å²) in [6.45, 7) is 0. The van der Waals surface area contributed by atoms with Crippen LogP contribution in [0.25, 0.3) is 0 Å². The van der Waals surface area contributed by atoms with Crippen molar-refractivity contribution in [2.45, 2.75) is 0 Å². The maximum atomic E-state index is 8.67. The predicted octanol–water partition coefficient (Wildman–Crippen LogP) is -3.68. The molecule has 0 aliphatic heterocycles. The van der Waals surface area contributed by atoms with Gasteiger partial charge >= 0.3 is 45.6 Å². The fourth-order valence-corrected chi connectivity index (χ4v) is 0. The van der Waals surface area contributed by atoms with E-state index in [0.29, 0.717) is 0 Å². The molecular formula is H2LiO3TiV. The summed E-state index contributed by atoms with van der Waals surface area (Å²) in [6, 6.07) is 0. The zero-order chi connectivity index (χ0) is 3.58. The molecule has 0 aromatic carbocycles. The van der Waals surface area contributed by atoms with Crippen LogP contribution >= 0.6 is 0 Å². The molecule has 0 spiro atoms. The molecule has 30 valence electrons. The molecule has 0 unspecified atom stereocenters. The Balaban J connectivity index is -0.0000000150. The first-order chi connectivity index (χ1) is 1.73. The van der Waals surface area contributed by atoms with Gasteiger partial charge in [0, 0.05) is 21.7 Å². The summed E-state index contributed by atoms with van der Waals surface area (Å²) in [7, 11) is 0. The molecule has 0 atom stereocenters. The van der Waals surface area contributed by atoms with Gasteiger partial charge in [-0.15, -0.1) is 0 Å². The van der Waals surface area contributed by atoms with E-state index in [1.54, 1.807) is 0 Å². The second-order valence-corrected chi connectivity index (χ2v) is 0.981. The van der Waals surface area contributed by atoms with E-state index in [9.17, 15) is 0 Å². The molecule has 0 aromatic heterocycles. The van der Waals surface area contributed by atoms with Crippen LogP contribution in [0.1, 0.15) is 1.43 Å². The van der Waals surface area contributed by atoms with E-state index < -0.39 is 15.4 Å². The molecule has 0 radical (unpaired) electrons. The largest absolute Gasteiger partial charge is 0 e. The zero-order valence-corrected chi connectivity index (χ0v) is 6.17. The van der Waals surface area contributed by atoms with E-state index in [-0.39, 0.29) is 42.0 Å². The van der Waals surface area contributed by atoms with Crippen molar-refractivity contribution in [3.8, 4) is 0 Å². The van der Waals surface area contributed by atoms with Crippen LogP contribution in [0.2, 0.25) is 0 Å². The molecule has 6 heavy (non-hydrogen) atoms. The van der Waals surface area contributed by atoms with Crippen LogP contribution in [0.5, 0.6) is 0 Å². The van der Waals surface area contributed by atoms with Gasteiger partial charge < -0.3 is 1.43 Å². The quantitative estimate of drug-likeness (QED) is 0.367. The molecule has 0 bridgehead atoms. The Bertz CT molecular complexity index is 63.3. The Hall–Kier alpha value is 1.46. The van der Waals surface area contributed by atoms with Gasteiger partial charge in [0.2, 0.25) is 0 Å². The Kier molecular flexibility index (Phi) is 25.2. The minimum absolute atomic E-state index is 0. The third kappa shape index (κ3) is 51.1. The van der Waals surface area contributed by atoms with Crippen LogP contribution in [-0.2, 0) is 44.5 Å². The average molecular weight is 156 g/mol. The van der Waals surface area contributed by atoms with Crippen molar-refractivity contribution in [2.24, 2.45) is 0 Å². The van der Waals surface area contributed by atoms with Crippen LogP contribution in [0.15, 0.2) is 0 Å². The fraction of sp³-hybridized carbons (Fsp3) is 0. The summed E-state index contributed by atoms with van der Waals surface area (Å²) in [5.74, 6) is 0. The molecule has 0 saturated heterocycles. The van der Waals surface area contributed by atoms with Crippen LogP contribution in [0.3, 0.4) is 0 Å². The molecule has 0 amide bonds. The van der Waals surface area contributed by atoms with E-state index in [4.69, 9.17) is 11.4 Å². The van der Waals surface area contributed by atoms with Gasteiger partial charge in [-0.1, -0.05) is 0 Å². The summed E-state index contributed by atoms with van der Waals surface area (Å²) in [5.41, 5.74) is 0. The van der Waals surface area contributed by atoms with Crippen molar-refractivity contribution in [1.82, 2.24) is 0 Å². The maximum absolute atomic E-state index is 8.67. The van der Waals surface area contributed by atoms with Gasteiger partial charge in [-0.2, -0.15) is 0 Å². The van der Waals surface area contributed by atoms with Gasteiger partial charge in [0.15, 0.2) is 0 Å². The number of rotatable bonds is 0. The average Bonchev–Trinajstić information content (AvgIpc) is 0.811. The van der Waals surface area contributed by atoms with Crippen LogP contribution in [0, 0.1) is 0 Å². The van der Waals surface area contributed by atoms with E-state index in [0.717, 1.165) is 0 Å². The van der Waals surface area contributed by atoms with Gasteiger partial charge in [-0.3, -0.25) is 0 Å². The number of hydrogen-bond acceptors (Lipinski definition) is 2. The summed E-state index contributed by atoms with van der Waals surface area (Å²) >= 11 is -3.69. The molecule has 0 heterocycles. The monoisotopic (exact) mass is 156 g/mol. The summed E-state index contributed by atoms with van der Waals surface area (Å²) < 4.78 is 24.4. The van der Waals surface area contributed by atoms with Gasteiger partial charge in [0.25, 0.3) is 0 Å². The van der Waals surface area contributed by atoms with Crippen molar-refractivity contribution >= 4 is 0 Å². The summed E-state index contributed by atoms with van der Waals surface area (Å²) in [4.78, 5) is 0. The van der Waals surface area contributed by atoms with Gasteiger partial charge in [0.05, 0.1) is 0 Å². The first-order valence-electron chi connectivity index (χ1n) is 0.565. The third-order valence-corrected chi connectivity index (χ3v) is 0. The summed E-state index contributed by atoms with van der Waals surface area (Å²) in [5, 5.41) is 0. The van der Waals surface area contributed by atoms with Gasteiger partial charge in [0.1, 0.15) is 0 Å². The second-order valence-electron chi connectivity index (χ2n) is 0.238. The van der Waals surface area contributed by atoms with Crippen molar-refractivity contribution < 1.29 is 68.8 Å². The normalized spacial score (nSPS) is 4.17. The smallest absolute Gasteiger partial charge is 0 e. The third-order valence-electron chi connectivity index (χ3n) is 0. The van der Waals surface area contributed by atoms with Crippen LogP contribution in [-0.4, -0.2) is 4.03 Å². The molecule has 1 N–H and O–H groups in total. The molecule has 0 aromatic rings. The minimum atomic E-state index is -3.69. The molecule has 0 aliphatic rings. The van der Waals surface area contributed by atoms with E-state index >= 15 is 0 Å². The second kappa shape index (κ2) is 9.68. The molecule has 0 rings (SSSR count). The molecule has 6 heteroatoms. The van der Waals surface area contributed by atoms with Crippen LogP contribution in [0.4, 0.5) is 0 Å². The molecular weight excluding hydrogens is 154 g/mol. The van der Waals surface area contributed by atoms with Gasteiger partial charge in [-0.05, 0) is 0 Å². The molecule has 0 saturated carbocycles. The number of hydrogen-bond donors (Lipinski definition) is 1. The zero-order valence-electron chi connectivity index (χ0n) is 4.21. The Labute approximate surface area is 68.4 Å². The standard InChI is InChI=1S/Li.H2O.2O.Ti.V.H/h;1H2;;;;;/q+1;;;;;+1;-1/p-1. The minimum Gasteiger partial charge on any atom is 0 e. The van der Waals surface area contributed by atoms with Crippen LogP contribution < -0.4 is 18.9 Å². The van der Waals surface area contributed by atoms with E-state index in [1.165, 1.54) is 0 Å². The molecule has 0 fully saturated rings. The topological polar surface area (TPSA) is 54.4 Å². The Morgan fingerprint density at radius 2 is 1.50 bits per heavy atom. The van der Waals surface area contributed by atoms with Crippen molar-refractivity contribution in [3.63, 3.8) is 0 Å². The van der Waals surface area contributed by atoms with E-state index in [1.807, 2.05) is 0 Å². The molecule has 3 nitrogen and oxygen atoms in total. The predicted molar refractivity (Wildman–Crippen MR) is 4.70 cm³/mol. The Morgan fingerprint density at radius 1 is 1.50 bits per heavy atom. The van der Waals surface area contributed by atoms with Crippen molar-refractivity contribution in [2.75, 3.05) is 0 Å². The van der Waals surface area contributed by atoms with E-state index in [2.05, 4.69) is 0 Å². The first kappa shape index (κ1) is 15.7. The fourth-order valence-electron chi connectivity index (χ4n) is 0. The summed E-state index contributed by atoms with van der Waals surface area (Å²) in [6.07, 6.45) is 0. The molecule has 0 aliphatic carbocycles. The first-order valence-corrected chi connectivity index (χ1v) is 2.33.